The number of nitrogens with zero attached hydrogens (tertiary/aromatic N) is 1. The van der Waals surface area contributed by atoms with Gasteiger partial charge in [-0.15, -0.1) is 0 Å². The number of amides is 2. The maximum atomic E-state index is 12.4. The predicted octanol–water partition coefficient (Wildman–Crippen LogP) is 1.99. The molecule has 2 N–H and O–H groups in total. The Morgan fingerprint density at radius 2 is 1.67 bits per heavy atom. The molecule has 0 aromatic heterocycles. The summed E-state index contributed by atoms with van der Waals surface area (Å²) in [6.07, 6.45) is 1.48. The van der Waals surface area contributed by atoms with Crippen LogP contribution in [0.2, 0.25) is 0 Å². The van der Waals surface area contributed by atoms with E-state index in [1.165, 1.54) is 39.7 Å². The molecule has 0 radical (unpaired) electrons. The van der Waals surface area contributed by atoms with Gasteiger partial charge in [0.05, 0.1) is 40.7 Å². The molecule has 0 saturated carbocycles. The molecular formula is C21H25N3O6. The lowest BCUT2D eigenvalue weighted by atomic mass is 10.1. The highest BCUT2D eigenvalue weighted by atomic mass is 16.5. The zero-order valence-corrected chi connectivity index (χ0v) is 17.4. The topological polar surface area (TPSA) is 107 Å². The van der Waals surface area contributed by atoms with E-state index in [-0.39, 0.29) is 12.1 Å². The minimum Gasteiger partial charge on any atom is -0.493 e. The summed E-state index contributed by atoms with van der Waals surface area (Å²) in [7, 11) is 4.38. The first-order valence-electron chi connectivity index (χ1n) is 9.15. The molecular weight excluding hydrogens is 390 g/mol. The zero-order chi connectivity index (χ0) is 21.9. The van der Waals surface area contributed by atoms with Crippen LogP contribution in [0.15, 0.2) is 41.5 Å². The first kappa shape index (κ1) is 22.5. The van der Waals surface area contributed by atoms with Gasteiger partial charge >= 0.3 is 0 Å². The molecule has 0 heterocycles. The van der Waals surface area contributed by atoms with Crippen LogP contribution in [-0.2, 0) is 4.79 Å². The predicted molar refractivity (Wildman–Crippen MR) is 112 cm³/mol. The molecule has 0 atom stereocenters. The van der Waals surface area contributed by atoms with Crippen LogP contribution >= 0.6 is 0 Å². The highest BCUT2D eigenvalue weighted by Crippen LogP contribution is 2.38. The number of benzene rings is 2. The first-order valence-corrected chi connectivity index (χ1v) is 9.15. The summed E-state index contributed by atoms with van der Waals surface area (Å²) in [6, 6.07) is 10.3. The van der Waals surface area contributed by atoms with Gasteiger partial charge in [0.1, 0.15) is 5.75 Å². The van der Waals surface area contributed by atoms with Crippen molar-refractivity contribution in [3.8, 4) is 23.0 Å². The first-order chi connectivity index (χ1) is 14.5. The molecule has 2 rings (SSSR count). The van der Waals surface area contributed by atoms with Crippen molar-refractivity contribution in [1.82, 2.24) is 10.7 Å². The van der Waals surface area contributed by atoms with Gasteiger partial charge in [-0.2, -0.15) is 5.10 Å². The van der Waals surface area contributed by atoms with E-state index >= 15 is 0 Å². The summed E-state index contributed by atoms with van der Waals surface area (Å²) in [5.74, 6) is 0.744. The van der Waals surface area contributed by atoms with E-state index in [0.29, 0.717) is 29.6 Å². The molecule has 2 amide bonds. The molecule has 30 heavy (non-hydrogen) atoms. The molecule has 0 saturated heterocycles. The Morgan fingerprint density at radius 3 is 2.27 bits per heavy atom. The summed E-state index contributed by atoms with van der Waals surface area (Å²) in [6.45, 7) is 2.14. The number of para-hydroxylation sites is 1. The highest BCUT2D eigenvalue weighted by molar-refractivity contribution is 5.97. The normalized spacial score (nSPS) is 10.4. The van der Waals surface area contributed by atoms with Crippen LogP contribution in [-0.4, -0.2) is 52.5 Å². The molecule has 0 unspecified atom stereocenters. The van der Waals surface area contributed by atoms with Gasteiger partial charge in [0, 0.05) is 11.1 Å². The number of carbonyl (C=O) groups excluding carboxylic acids is 2. The fraction of sp³-hybridized carbons (Fsp3) is 0.286. The molecule has 0 aliphatic rings. The average molecular weight is 415 g/mol. The maximum absolute atomic E-state index is 12.4. The molecule has 2 aromatic carbocycles. The van der Waals surface area contributed by atoms with E-state index in [1.807, 2.05) is 31.2 Å². The number of methoxy groups -OCH3 is 3. The van der Waals surface area contributed by atoms with Crippen LogP contribution in [0.5, 0.6) is 23.0 Å². The summed E-state index contributed by atoms with van der Waals surface area (Å²) in [5, 5.41) is 6.42. The molecule has 0 bridgehead atoms. The largest absolute Gasteiger partial charge is 0.493 e. The second kappa shape index (κ2) is 11.3. The van der Waals surface area contributed by atoms with E-state index in [4.69, 9.17) is 18.9 Å². The van der Waals surface area contributed by atoms with Crippen molar-refractivity contribution in [2.24, 2.45) is 5.10 Å². The van der Waals surface area contributed by atoms with Crippen LogP contribution < -0.4 is 29.7 Å². The maximum Gasteiger partial charge on any atom is 0.259 e. The van der Waals surface area contributed by atoms with Crippen LogP contribution in [0.1, 0.15) is 22.8 Å². The van der Waals surface area contributed by atoms with Crippen molar-refractivity contribution in [3.63, 3.8) is 0 Å². The van der Waals surface area contributed by atoms with Crippen LogP contribution in [0.3, 0.4) is 0 Å². The van der Waals surface area contributed by atoms with Crippen molar-refractivity contribution in [1.29, 1.82) is 0 Å². The molecule has 0 aliphatic carbocycles. The minimum absolute atomic E-state index is 0.256. The van der Waals surface area contributed by atoms with E-state index in [9.17, 15) is 9.59 Å². The van der Waals surface area contributed by atoms with E-state index in [0.717, 1.165) is 5.56 Å². The third-order valence-corrected chi connectivity index (χ3v) is 3.95. The average Bonchev–Trinajstić information content (AvgIpc) is 2.77. The van der Waals surface area contributed by atoms with Gasteiger partial charge in [-0.25, -0.2) is 5.43 Å². The number of nitrogens with one attached hydrogen (secondary N) is 2. The fourth-order valence-corrected chi connectivity index (χ4v) is 2.56. The van der Waals surface area contributed by atoms with Crippen molar-refractivity contribution in [2.45, 2.75) is 6.92 Å². The summed E-state index contributed by atoms with van der Waals surface area (Å²) in [5.41, 5.74) is 3.34. The van der Waals surface area contributed by atoms with Gasteiger partial charge in [-0.3, -0.25) is 9.59 Å². The van der Waals surface area contributed by atoms with E-state index in [1.54, 1.807) is 0 Å². The monoisotopic (exact) mass is 415 g/mol. The smallest absolute Gasteiger partial charge is 0.259 e. The van der Waals surface area contributed by atoms with Gasteiger partial charge < -0.3 is 24.3 Å². The van der Waals surface area contributed by atoms with Crippen molar-refractivity contribution in [2.75, 3.05) is 34.5 Å². The van der Waals surface area contributed by atoms with Gasteiger partial charge in [0.2, 0.25) is 5.75 Å². The summed E-state index contributed by atoms with van der Waals surface area (Å²) in [4.78, 5) is 24.4. The van der Waals surface area contributed by atoms with Gasteiger partial charge in [-0.1, -0.05) is 12.1 Å². The molecule has 2 aromatic rings. The number of rotatable bonds is 10. The van der Waals surface area contributed by atoms with E-state index in [2.05, 4.69) is 15.8 Å². The number of carbonyl (C=O) groups is 2. The molecule has 160 valence electrons. The lowest BCUT2D eigenvalue weighted by Crippen LogP contribution is -2.35. The quantitative estimate of drug-likeness (QED) is 0.454. The van der Waals surface area contributed by atoms with Gasteiger partial charge in [-0.05, 0) is 31.2 Å². The standard InChI is InChI=1S/C21H25N3O6/c1-5-30-16-9-7-6-8-14(16)12-23-24-19(25)13-22-21(26)15-10-17(27-2)20(29-4)18(11-15)28-3/h6-12H,5,13H2,1-4H3,(H,22,26)(H,24,25)/b23-12-. The van der Waals surface area contributed by atoms with Crippen molar-refractivity contribution < 1.29 is 28.5 Å². The van der Waals surface area contributed by atoms with Gasteiger partial charge in [0.25, 0.3) is 11.8 Å². The van der Waals surface area contributed by atoms with Crippen LogP contribution in [0, 0.1) is 0 Å². The Hall–Kier alpha value is -3.75. The Bertz CT molecular complexity index is 888. The minimum atomic E-state index is -0.485. The number of hydrazone groups is 1. The fourth-order valence-electron chi connectivity index (χ4n) is 2.56. The molecule has 9 nitrogen and oxygen atoms in total. The van der Waals surface area contributed by atoms with Crippen molar-refractivity contribution >= 4 is 18.0 Å². The second-order valence-electron chi connectivity index (χ2n) is 5.86. The Balaban J connectivity index is 1.96. The molecule has 0 aliphatic heterocycles. The molecule has 0 fully saturated rings. The van der Waals surface area contributed by atoms with Crippen LogP contribution in [0.4, 0.5) is 0 Å². The Kier molecular flexibility index (Phi) is 8.49. The zero-order valence-electron chi connectivity index (χ0n) is 17.4. The number of ether oxygens (including phenoxy) is 4. The molecule has 9 heteroatoms. The van der Waals surface area contributed by atoms with E-state index < -0.39 is 11.8 Å². The SMILES string of the molecule is CCOc1ccccc1/C=N\NC(=O)CNC(=O)c1cc(OC)c(OC)c(OC)c1. The lowest BCUT2D eigenvalue weighted by molar-refractivity contribution is -0.120. The molecule has 0 spiro atoms. The third-order valence-electron chi connectivity index (χ3n) is 3.95. The number of hydrogen-bond acceptors (Lipinski definition) is 7. The third kappa shape index (κ3) is 5.87. The number of hydrogen-bond donors (Lipinski definition) is 2. The summed E-state index contributed by atoms with van der Waals surface area (Å²) < 4.78 is 21.2. The van der Waals surface area contributed by atoms with Gasteiger partial charge in [0.15, 0.2) is 11.5 Å². The Morgan fingerprint density at radius 1 is 1.00 bits per heavy atom. The lowest BCUT2D eigenvalue weighted by Gasteiger charge is -2.14. The Labute approximate surface area is 175 Å². The second-order valence-corrected chi connectivity index (χ2v) is 5.86. The summed E-state index contributed by atoms with van der Waals surface area (Å²) >= 11 is 0. The highest BCUT2D eigenvalue weighted by Gasteiger charge is 2.17. The van der Waals surface area contributed by atoms with Crippen LogP contribution in [0.25, 0.3) is 0 Å². The van der Waals surface area contributed by atoms with Crippen molar-refractivity contribution in [3.05, 3.63) is 47.5 Å².